The van der Waals surface area contributed by atoms with Gasteiger partial charge in [-0.05, 0) is 26.0 Å². The molecular weight excluding hydrogens is 256 g/mol. The highest BCUT2D eigenvalue weighted by molar-refractivity contribution is 5.62. The molecule has 1 heterocycles. The largest absolute Gasteiger partial charge is 0.329 e. The molecule has 0 saturated heterocycles. The molecule has 0 bridgehead atoms. The van der Waals surface area contributed by atoms with Gasteiger partial charge in [-0.3, -0.25) is 20.2 Å². The van der Waals surface area contributed by atoms with Gasteiger partial charge in [0, 0.05) is 23.5 Å². The van der Waals surface area contributed by atoms with Crippen LogP contribution in [-0.4, -0.2) is 9.60 Å². The quantitative estimate of drug-likeness (QED) is 0.686. The maximum absolute atomic E-state index is 13.5. The van der Waals surface area contributed by atoms with Gasteiger partial charge in [0.05, 0.1) is 4.92 Å². The first-order valence-corrected chi connectivity index (χ1v) is 5.45. The number of nitro benzene ring substituents is 1. The van der Waals surface area contributed by atoms with Crippen molar-refractivity contribution in [3.63, 3.8) is 0 Å². The third kappa shape index (κ3) is 2.40. The number of halogens is 2. The molecule has 2 aromatic rings. The molecule has 100 valence electrons. The van der Waals surface area contributed by atoms with Crippen LogP contribution in [0.2, 0.25) is 0 Å². The number of anilines is 1. The molecule has 0 atom stereocenters. The Bertz CT molecular complexity index is 633. The lowest BCUT2D eigenvalue weighted by molar-refractivity contribution is -0.386. The summed E-state index contributed by atoms with van der Waals surface area (Å²) < 4.78 is 28.2. The van der Waals surface area contributed by atoms with Crippen LogP contribution in [0, 0.1) is 35.6 Å². The van der Waals surface area contributed by atoms with Crippen molar-refractivity contribution < 1.29 is 13.7 Å². The zero-order valence-electron chi connectivity index (χ0n) is 10.3. The van der Waals surface area contributed by atoms with E-state index < -0.39 is 22.2 Å². The first-order chi connectivity index (χ1) is 8.90. The number of hydrogen-bond acceptors (Lipinski definition) is 3. The Morgan fingerprint density at radius 2 is 1.79 bits per heavy atom. The molecule has 1 N–H and O–H groups in total. The third-order valence-electron chi connectivity index (χ3n) is 2.71. The molecule has 0 aliphatic heterocycles. The van der Waals surface area contributed by atoms with Crippen LogP contribution in [0.1, 0.15) is 11.4 Å². The topological polar surface area (TPSA) is 60.1 Å². The van der Waals surface area contributed by atoms with E-state index in [4.69, 9.17) is 0 Å². The van der Waals surface area contributed by atoms with E-state index in [0.29, 0.717) is 6.07 Å². The smallest absolute Gasteiger partial charge is 0.288 e. The van der Waals surface area contributed by atoms with Crippen LogP contribution in [0.25, 0.3) is 0 Å². The van der Waals surface area contributed by atoms with Crippen molar-refractivity contribution in [1.82, 2.24) is 4.68 Å². The highest BCUT2D eigenvalue weighted by Crippen LogP contribution is 2.29. The Hall–Kier alpha value is -2.44. The fourth-order valence-electron chi connectivity index (χ4n) is 1.80. The molecule has 0 amide bonds. The summed E-state index contributed by atoms with van der Waals surface area (Å²) in [6.07, 6.45) is 0. The number of nitro groups is 1. The second-order valence-electron chi connectivity index (χ2n) is 4.10. The van der Waals surface area contributed by atoms with E-state index in [0.717, 1.165) is 17.5 Å². The van der Waals surface area contributed by atoms with Crippen LogP contribution in [0.15, 0.2) is 24.3 Å². The highest BCUT2D eigenvalue weighted by Gasteiger charge is 2.22. The van der Waals surface area contributed by atoms with Gasteiger partial charge in [-0.2, -0.15) is 4.39 Å². The van der Waals surface area contributed by atoms with Gasteiger partial charge in [-0.15, -0.1) is 0 Å². The van der Waals surface area contributed by atoms with Crippen LogP contribution in [0.5, 0.6) is 0 Å². The van der Waals surface area contributed by atoms with Crippen LogP contribution in [-0.2, 0) is 0 Å². The van der Waals surface area contributed by atoms with E-state index >= 15 is 0 Å². The fraction of sp³-hybridized carbons (Fsp3) is 0.167. The summed E-state index contributed by atoms with van der Waals surface area (Å²) in [5.74, 6) is -2.09. The fourth-order valence-corrected chi connectivity index (χ4v) is 1.80. The number of hydrogen-bond donors (Lipinski definition) is 1. The number of aryl methyl sites for hydroxylation is 2. The van der Waals surface area contributed by atoms with E-state index in [2.05, 4.69) is 5.43 Å². The molecule has 0 unspecified atom stereocenters. The van der Waals surface area contributed by atoms with E-state index in [9.17, 15) is 18.9 Å². The number of benzene rings is 1. The number of nitrogens with zero attached hydrogens (tertiary/aromatic N) is 2. The van der Waals surface area contributed by atoms with Crippen molar-refractivity contribution in [2.75, 3.05) is 5.43 Å². The van der Waals surface area contributed by atoms with Gasteiger partial charge in [0.25, 0.3) is 0 Å². The van der Waals surface area contributed by atoms with Gasteiger partial charge in [0.2, 0.25) is 5.82 Å². The first-order valence-electron chi connectivity index (χ1n) is 5.45. The third-order valence-corrected chi connectivity index (χ3v) is 2.71. The number of nitrogens with one attached hydrogen (secondary N) is 1. The molecule has 0 aliphatic rings. The Morgan fingerprint density at radius 3 is 2.32 bits per heavy atom. The Kier molecular flexibility index (Phi) is 3.20. The van der Waals surface area contributed by atoms with Gasteiger partial charge < -0.3 is 0 Å². The van der Waals surface area contributed by atoms with Crippen molar-refractivity contribution in [3.8, 4) is 0 Å². The lowest BCUT2D eigenvalue weighted by Gasteiger charge is -2.13. The van der Waals surface area contributed by atoms with Gasteiger partial charge in [0.15, 0.2) is 0 Å². The molecule has 0 spiro atoms. The Morgan fingerprint density at radius 1 is 1.21 bits per heavy atom. The van der Waals surface area contributed by atoms with Gasteiger partial charge in [-0.25, -0.2) is 4.39 Å². The van der Waals surface area contributed by atoms with E-state index in [1.165, 1.54) is 4.68 Å². The molecule has 0 radical (unpaired) electrons. The van der Waals surface area contributed by atoms with Crippen molar-refractivity contribution >= 4 is 11.4 Å². The molecule has 19 heavy (non-hydrogen) atoms. The zero-order valence-corrected chi connectivity index (χ0v) is 10.3. The molecule has 1 aromatic carbocycles. The van der Waals surface area contributed by atoms with Crippen LogP contribution >= 0.6 is 0 Å². The minimum absolute atomic E-state index is 0.232. The molecule has 7 heteroatoms. The summed E-state index contributed by atoms with van der Waals surface area (Å²) >= 11 is 0. The van der Waals surface area contributed by atoms with Crippen molar-refractivity contribution in [1.29, 1.82) is 0 Å². The maximum Gasteiger partial charge on any atom is 0.329 e. The van der Waals surface area contributed by atoms with E-state index in [1.54, 1.807) is 26.0 Å². The minimum atomic E-state index is -1.21. The summed E-state index contributed by atoms with van der Waals surface area (Å²) in [6.45, 7) is 3.53. The normalized spacial score (nSPS) is 10.5. The van der Waals surface area contributed by atoms with Crippen molar-refractivity contribution in [3.05, 3.63) is 57.4 Å². The Balaban J connectivity index is 2.53. The second kappa shape index (κ2) is 4.68. The molecule has 5 nitrogen and oxygen atoms in total. The van der Waals surface area contributed by atoms with E-state index in [-0.39, 0.29) is 5.69 Å². The average Bonchev–Trinajstić information content (AvgIpc) is 2.59. The lowest BCUT2D eigenvalue weighted by Crippen LogP contribution is -2.14. The average molecular weight is 267 g/mol. The maximum atomic E-state index is 13.5. The predicted molar refractivity (Wildman–Crippen MR) is 65.9 cm³/mol. The summed E-state index contributed by atoms with van der Waals surface area (Å²) in [4.78, 5) is 9.96. The predicted octanol–water partition coefficient (Wildman–Crippen LogP) is 3.17. The summed E-state index contributed by atoms with van der Waals surface area (Å²) in [5.41, 5.74) is 3.15. The molecular formula is C12H11F2N3O2. The monoisotopic (exact) mass is 267 g/mol. The number of rotatable bonds is 3. The summed E-state index contributed by atoms with van der Waals surface area (Å²) in [6, 6.07) is 4.94. The molecule has 0 aliphatic carbocycles. The van der Waals surface area contributed by atoms with Crippen LogP contribution in [0.3, 0.4) is 0 Å². The van der Waals surface area contributed by atoms with Crippen LogP contribution in [0.4, 0.5) is 20.2 Å². The second-order valence-corrected chi connectivity index (χ2v) is 4.10. The molecule has 1 aromatic heterocycles. The molecule has 0 fully saturated rings. The standard InChI is InChI=1S/C12H11F2N3O2/c1-7-3-4-8(2)16(7)15-11-6-9(13)5-10(14)12(11)17(18)19/h3-6,15H,1-2H3. The first kappa shape index (κ1) is 13.0. The zero-order chi connectivity index (χ0) is 14.2. The van der Waals surface area contributed by atoms with Gasteiger partial charge >= 0.3 is 5.69 Å². The summed E-state index contributed by atoms with van der Waals surface area (Å²) in [7, 11) is 0. The Labute approximate surface area is 107 Å². The van der Waals surface area contributed by atoms with Gasteiger partial charge in [-0.1, -0.05) is 0 Å². The SMILES string of the molecule is Cc1ccc(C)n1Nc1cc(F)cc(F)c1[N+](=O)[O-]. The molecule has 0 saturated carbocycles. The minimum Gasteiger partial charge on any atom is -0.288 e. The van der Waals surface area contributed by atoms with E-state index in [1.807, 2.05) is 0 Å². The molecule has 2 rings (SSSR count). The van der Waals surface area contributed by atoms with Gasteiger partial charge in [0.1, 0.15) is 11.5 Å². The van der Waals surface area contributed by atoms with Crippen molar-refractivity contribution in [2.45, 2.75) is 13.8 Å². The highest BCUT2D eigenvalue weighted by atomic mass is 19.1. The lowest BCUT2D eigenvalue weighted by atomic mass is 10.2. The summed E-state index contributed by atoms with van der Waals surface area (Å²) in [5, 5.41) is 10.8. The number of aromatic nitrogens is 1. The van der Waals surface area contributed by atoms with Crippen LogP contribution < -0.4 is 5.43 Å². The van der Waals surface area contributed by atoms with Crippen molar-refractivity contribution in [2.24, 2.45) is 0 Å².